The molecule has 1 aromatic carbocycles. The molecule has 0 aliphatic heterocycles. The molecule has 0 saturated carbocycles. The van der Waals surface area contributed by atoms with E-state index in [2.05, 4.69) is 0 Å². The van der Waals surface area contributed by atoms with Crippen LogP contribution in [0.15, 0.2) is 18.2 Å². The van der Waals surface area contributed by atoms with Gasteiger partial charge in [-0.3, -0.25) is 0 Å². The van der Waals surface area contributed by atoms with Crippen molar-refractivity contribution in [2.24, 2.45) is 5.73 Å². The monoisotopic (exact) mass is 226 g/mol. The highest BCUT2D eigenvalue weighted by Gasteiger charge is 2.07. The molecule has 0 saturated heterocycles. The Morgan fingerprint density at radius 1 is 1.44 bits per heavy atom. The summed E-state index contributed by atoms with van der Waals surface area (Å²) in [4.78, 5) is 2.03. The number of aliphatic hydroxyl groups excluding tert-OH is 1. The molecular weight excluding hydrogens is 207 g/mol. The van der Waals surface area contributed by atoms with E-state index in [0.29, 0.717) is 12.0 Å². The van der Waals surface area contributed by atoms with E-state index in [1.54, 1.807) is 6.07 Å². The predicted molar refractivity (Wildman–Crippen MR) is 63.9 cm³/mol. The van der Waals surface area contributed by atoms with Crippen molar-refractivity contribution in [3.05, 3.63) is 29.6 Å². The lowest BCUT2D eigenvalue weighted by molar-refractivity contribution is 0.289. The van der Waals surface area contributed by atoms with Crippen molar-refractivity contribution in [2.75, 3.05) is 24.6 Å². The zero-order valence-electron chi connectivity index (χ0n) is 9.62. The number of benzene rings is 1. The van der Waals surface area contributed by atoms with Crippen LogP contribution in [0.2, 0.25) is 0 Å². The molecule has 1 rings (SSSR count). The largest absolute Gasteiger partial charge is 0.396 e. The third-order valence-corrected chi connectivity index (χ3v) is 2.59. The van der Waals surface area contributed by atoms with E-state index < -0.39 is 0 Å². The number of aliphatic hydroxyl groups is 1. The highest BCUT2D eigenvalue weighted by Crippen LogP contribution is 2.18. The molecular formula is C12H19FN2O. The minimum atomic E-state index is -0.262. The lowest BCUT2D eigenvalue weighted by Gasteiger charge is -2.23. The van der Waals surface area contributed by atoms with E-state index in [1.807, 2.05) is 17.9 Å². The van der Waals surface area contributed by atoms with E-state index in [1.165, 1.54) is 6.07 Å². The lowest BCUT2D eigenvalue weighted by Crippen LogP contribution is -2.24. The Kier molecular flexibility index (Phi) is 5.22. The van der Waals surface area contributed by atoms with Gasteiger partial charge in [0.2, 0.25) is 0 Å². The number of anilines is 1. The Hall–Kier alpha value is -1.13. The maximum absolute atomic E-state index is 13.5. The second-order valence-corrected chi connectivity index (χ2v) is 3.64. The van der Waals surface area contributed by atoms with E-state index in [-0.39, 0.29) is 19.0 Å². The van der Waals surface area contributed by atoms with Crippen molar-refractivity contribution in [3.8, 4) is 0 Å². The van der Waals surface area contributed by atoms with E-state index >= 15 is 0 Å². The first-order valence-electron chi connectivity index (χ1n) is 5.57. The van der Waals surface area contributed by atoms with Crippen LogP contribution in [0.4, 0.5) is 10.1 Å². The van der Waals surface area contributed by atoms with Crippen molar-refractivity contribution >= 4 is 5.69 Å². The van der Waals surface area contributed by atoms with Crippen LogP contribution in [-0.4, -0.2) is 24.8 Å². The second kappa shape index (κ2) is 6.45. The van der Waals surface area contributed by atoms with Crippen LogP contribution in [0.3, 0.4) is 0 Å². The molecule has 0 unspecified atom stereocenters. The third kappa shape index (κ3) is 3.18. The molecule has 16 heavy (non-hydrogen) atoms. The summed E-state index contributed by atoms with van der Waals surface area (Å²) in [6.45, 7) is 3.90. The Morgan fingerprint density at radius 2 is 2.19 bits per heavy atom. The van der Waals surface area contributed by atoms with Gasteiger partial charge in [-0.05, 0) is 25.5 Å². The molecule has 0 aliphatic rings. The Morgan fingerprint density at radius 3 is 2.69 bits per heavy atom. The lowest BCUT2D eigenvalue weighted by atomic mass is 10.1. The number of rotatable bonds is 6. The first-order valence-corrected chi connectivity index (χ1v) is 5.57. The van der Waals surface area contributed by atoms with E-state index in [0.717, 1.165) is 18.8 Å². The number of nitrogens with zero attached hydrogens (tertiary/aromatic N) is 1. The number of halogens is 1. The molecule has 3 N–H and O–H groups in total. The smallest absolute Gasteiger partial charge is 0.129 e. The van der Waals surface area contributed by atoms with Gasteiger partial charge in [0.15, 0.2) is 0 Å². The molecule has 90 valence electrons. The van der Waals surface area contributed by atoms with Crippen LogP contribution >= 0.6 is 0 Å². The van der Waals surface area contributed by atoms with Crippen LogP contribution in [0.1, 0.15) is 18.9 Å². The molecule has 0 aliphatic carbocycles. The van der Waals surface area contributed by atoms with Crippen molar-refractivity contribution in [1.29, 1.82) is 0 Å². The molecule has 0 spiro atoms. The van der Waals surface area contributed by atoms with Crippen molar-refractivity contribution in [3.63, 3.8) is 0 Å². The van der Waals surface area contributed by atoms with Gasteiger partial charge >= 0.3 is 0 Å². The summed E-state index contributed by atoms with van der Waals surface area (Å²) in [5.74, 6) is -0.262. The standard InChI is InChI=1S/C12H19FN2O/c1-2-15(6-3-7-16)11-5-4-10(9-14)12(13)8-11/h4-5,8,16H,2-3,6-7,9,14H2,1H3. The van der Waals surface area contributed by atoms with Crippen LogP contribution in [0.5, 0.6) is 0 Å². The maximum Gasteiger partial charge on any atom is 0.129 e. The summed E-state index contributed by atoms with van der Waals surface area (Å²) in [6, 6.07) is 5.08. The summed E-state index contributed by atoms with van der Waals surface area (Å²) in [6.07, 6.45) is 0.689. The number of nitrogens with two attached hydrogens (primary N) is 1. The average molecular weight is 226 g/mol. The maximum atomic E-state index is 13.5. The molecule has 0 atom stereocenters. The predicted octanol–water partition coefficient (Wildman–Crippen LogP) is 1.49. The minimum Gasteiger partial charge on any atom is -0.396 e. The van der Waals surface area contributed by atoms with Crippen molar-refractivity contribution in [1.82, 2.24) is 0 Å². The van der Waals surface area contributed by atoms with Gasteiger partial charge in [0.25, 0.3) is 0 Å². The molecule has 0 bridgehead atoms. The average Bonchev–Trinajstić information content (AvgIpc) is 2.30. The molecule has 4 heteroatoms. The molecule has 0 heterocycles. The first kappa shape index (κ1) is 12.9. The number of hydrogen-bond donors (Lipinski definition) is 2. The zero-order chi connectivity index (χ0) is 12.0. The second-order valence-electron chi connectivity index (χ2n) is 3.64. The van der Waals surface area contributed by atoms with Gasteiger partial charge in [0, 0.05) is 37.5 Å². The SMILES string of the molecule is CCN(CCCO)c1ccc(CN)c(F)c1. The van der Waals surface area contributed by atoms with Gasteiger partial charge in [-0.1, -0.05) is 6.07 Å². The normalized spacial score (nSPS) is 10.5. The van der Waals surface area contributed by atoms with Crippen LogP contribution in [0.25, 0.3) is 0 Å². The van der Waals surface area contributed by atoms with Gasteiger partial charge < -0.3 is 15.7 Å². The molecule has 1 aromatic rings. The van der Waals surface area contributed by atoms with Gasteiger partial charge in [-0.2, -0.15) is 0 Å². The fraction of sp³-hybridized carbons (Fsp3) is 0.500. The highest BCUT2D eigenvalue weighted by molar-refractivity contribution is 5.48. The highest BCUT2D eigenvalue weighted by atomic mass is 19.1. The Balaban J connectivity index is 2.80. The van der Waals surface area contributed by atoms with Gasteiger partial charge in [-0.15, -0.1) is 0 Å². The summed E-state index contributed by atoms with van der Waals surface area (Å²) in [5, 5.41) is 8.78. The van der Waals surface area contributed by atoms with Crippen molar-refractivity contribution in [2.45, 2.75) is 19.9 Å². The molecule has 0 radical (unpaired) electrons. The quantitative estimate of drug-likeness (QED) is 0.772. The fourth-order valence-corrected chi connectivity index (χ4v) is 1.63. The summed E-state index contributed by atoms with van der Waals surface area (Å²) in [5.41, 5.74) is 6.77. The third-order valence-electron chi connectivity index (χ3n) is 2.59. The van der Waals surface area contributed by atoms with Crippen molar-refractivity contribution < 1.29 is 9.50 Å². The van der Waals surface area contributed by atoms with Gasteiger partial charge in [-0.25, -0.2) is 4.39 Å². The minimum absolute atomic E-state index is 0.153. The van der Waals surface area contributed by atoms with E-state index in [4.69, 9.17) is 10.8 Å². The summed E-state index contributed by atoms with van der Waals surface area (Å²) < 4.78 is 13.5. The molecule has 3 nitrogen and oxygen atoms in total. The molecule has 0 fully saturated rings. The first-order chi connectivity index (χ1) is 7.72. The molecule has 0 aromatic heterocycles. The topological polar surface area (TPSA) is 49.5 Å². The van der Waals surface area contributed by atoms with Crippen LogP contribution in [0, 0.1) is 5.82 Å². The van der Waals surface area contributed by atoms with E-state index in [9.17, 15) is 4.39 Å². The van der Waals surface area contributed by atoms with Crippen LogP contribution < -0.4 is 10.6 Å². The summed E-state index contributed by atoms with van der Waals surface area (Å²) >= 11 is 0. The summed E-state index contributed by atoms with van der Waals surface area (Å²) in [7, 11) is 0. The Labute approximate surface area is 95.7 Å². The van der Waals surface area contributed by atoms with Crippen LogP contribution in [-0.2, 0) is 6.54 Å². The zero-order valence-corrected chi connectivity index (χ0v) is 9.62. The number of hydrogen-bond acceptors (Lipinski definition) is 3. The van der Waals surface area contributed by atoms with Gasteiger partial charge in [0.05, 0.1) is 0 Å². The van der Waals surface area contributed by atoms with Gasteiger partial charge in [0.1, 0.15) is 5.82 Å². The fourth-order valence-electron chi connectivity index (χ4n) is 1.63. The Bertz CT molecular complexity index is 331. The molecule has 0 amide bonds.